The van der Waals surface area contributed by atoms with E-state index in [9.17, 15) is 13.6 Å². The van der Waals surface area contributed by atoms with Crippen molar-refractivity contribution in [2.75, 3.05) is 0 Å². The van der Waals surface area contributed by atoms with E-state index in [-0.39, 0.29) is 23.2 Å². The van der Waals surface area contributed by atoms with Crippen LogP contribution in [0.3, 0.4) is 0 Å². The van der Waals surface area contributed by atoms with E-state index in [1.165, 1.54) is 29.5 Å². The van der Waals surface area contributed by atoms with Crippen LogP contribution >= 0.6 is 11.3 Å². The molecule has 0 amide bonds. The first-order valence-corrected chi connectivity index (χ1v) is 7.17. The van der Waals surface area contributed by atoms with Gasteiger partial charge < -0.3 is 0 Å². The van der Waals surface area contributed by atoms with Gasteiger partial charge in [-0.15, -0.1) is 11.3 Å². The summed E-state index contributed by atoms with van der Waals surface area (Å²) in [5, 5.41) is 0. The Morgan fingerprint density at radius 3 is 2.20 bits per heavy atom. The van der Waals surface area contributed by atoms with Crippen molar-refractivity contribution < 1.29 is 13.6 Å². The van der Waals surface area contributed by atoms with Gasteiger partial charge in [-0.2, -0.15) is 0 Å². The Hall–Kier alpha value is -1.55. The third-order valence-corrected chi connectivity index (χ3v) is 4.57. The van der Waals surface area contributed by atoms with Gasteiger partial charge in [0.15, 0.2) is 5.78 Å². The van der Waals surface area contributed by atoms with Crippen LogP contribution in [-0.4, -0.2) is 5.78 Å². The van der Waals surface area contributed by atoms with Crippen LogP contribution in [0.5, 0.6) is 0 Å². The minimum Gasteiger partial charge on any atom is -0.293 e. The number of thiophene rings is 1. The Morgan fingerprint density at radius 1 is 1.10 bits per heavy atom. The van der Waals surface area contributed by atoms with E-state index in [1.807, 2.05) is 6.07 Å². The second-order valence-corrected chi connectivity index (χ2v) is 6.80. The van der Waals surface area contributed by atoms with E-state index in [2.05, 4.69) is 20.8 Å². The van der Waals surface area contributed by atoms with Crippen LogP contribution in [0.2, 0.25) is 0 Å². The molecule has 0 fully saturated rings. The highest BCUT2D eigenvalue weighted by Crippen LogP contribution is 2.30. The normalized spacial score (nSPS) is 11.7. The summed E-state index contributed by atoms with van der Waals surface area (Å²) >= 11 is 1.38. The van der Waals surface area contributed by atoms with Crippen LogP contribution in [0, 0.1) is 11.6 Å². The molecule has 0 aliphatic rings. The maximum atomic E-state index is 13.5. The van der Waals surface area contributed by atoms with Crippen LogP contribution in [0.25, 0.3) is 0 Å². The number of carbonyl (C=O) groups excluding carboxylic acids is 1. The predicted octanol–water partition coefficient (Wildman–Crippen LogP) is 4.75. The van der Waals surface area contributed by atoms with Crippen molar-refractivity contribution in [2.24, 2.45) is 0 Å². The summed E-state index contributed by atoms with van der Waals surface area (Å²) < 4.78 is 27.1. The van der Waals surface area contributed by atoms with Gasteiger partial charge in [-0.1, -0.05) is 26.8 Å². The van der Waals surface area contributed by atoms with Crippen molar-refractivity contribution in [3.8, 4) is 0 Å². The average molecular weight is 294 g/mol. The van der Waals surface area contributed by atoms with E-state index >= 15 is 0 Å². The summed E-state index contributed by atoms with van der Waals surface area (Å²) in [5.41, 5.74) is -0.199. The second kappa shape index (κ2) is 5.44. The van der Waals surface area contributed by atoms with Gasteiger partial charge in [0.2, 0.25) is 0 Å². The molecule has 20 heavy (non-hydrogen) atoms. The van der Waals surface area contributed by atoms with Crippen LogP contribution in [0.15, 0.2) is 30.3 Å². The zero-order valence-electron chi connectivity index (χ0n) is 11.7. The fourth-order valence-electron chi connectivity index (χ4n) is 1.84. The monoisotopic (exact) mass is 294 g/mol. The lowest BCUT2D eigenvalue weighted by molar-refractivity contribution is 0.0994. The molecule has 0 atom stereocenters. The number of carbonyl (C=O) groups is 1. The Bertz CT molecular complexity index is 618. The molecule has 1 nitrogen and oxygen atoms in total. The molecule has 0 saturated heterocycles. The lowest BCUT2D eigenvalue weighted by Crippen LogP contribution is -2.08. The van der Waals surface area contributed by atoms with E-state index in [1.54, 1.807) is 6.07 Å². The minimum atomic E-state index is -0.675. The van der Waals surface area contributed by atoms with Crippen LogP contribution < -0.4 is 0 Å². The quantitative estimate of drug-likeness (QED) is 0.747. The third kappa shape index (κ3) is 3.12. The number of rotatable bonds is 3. The topological polar surface area (TPSA) is 17.1 Å². The summed E-state index contributed by atoms with van der Waals surface area (Å²) in [6.07, 6.45) is -0.247. The molecule has 2 aromatic rings. The highest BCUT2D eigenvalue weighted by molar-refractivity contribution is 7.14. The van der Waals surface area contributed by atoms with Gasteiger partial charge in [0, 0.05) is 16.9 Å². The molecule has 0 bridgehead atoms. The molecular weight excluding hydrogens is 278 g/mol. The van der Waals surface area contributed by atoms with Gasteiger partial charge >= 0.3 is 0 Å². The molecule has 0 aliphatic heterocycles. The first-order chi connectivity index (χ1) is 9.29. The SMILES string of the molecule is CC(C)(C)c1ccc(C(=O)Cc2c(F)cccc2F)s1. The zero-order valence-corrected chi connectivity index (χ0v) is 12.5. The van der Waals surface area contributed by atoms with Crippen molar-refractivity contribution in [1.29, 1.82) is 0 Å². The molecule has 2 rings (SSSR count). The van der Waals surface area contributed by atoms with Crippen LogP contribution in [0.4, 0.5) is 8.78 Å². The Balaban J connectivity index is 2.23. The smallest absolute Gasteiger partial charge is 0.177 e. The predicted molar refractivity (Wildman–Crippen MR) is 77.4 cm³/mol. The molecule has 0 aliphatic carbocycles. The zero-order chi connectivity index (χ0) is 14.9. The minimum absolute atomic E-state index is 0.0353. The lowest BCUT2D eigenvalue weighted by atomic mass is 9.95. The first kappa shape index (κ1) is 14.9. The highest BCUT2D eigenvalue weighted by Gasteiger charge is 2.20. The van der Waals surface area contributed by atoms with Crippen molar-refractivity contribution in [2.45, 2.75) is 32.6 Å². The van der Waals surface area contributed by atoms with E-state index in [0.29, 0.717) is 4.88 Å². The summed E-state index contributed by atoms with van der Waals surface area (Å²) in [4.78, 5) is 13.8. The fourth-order valence-corrected chi connectivity index (χ4v) is 2.84. The maximum absolute atomic E-state index is 13.5. The van der Waals surface area contributed by atoms with Gasteiger partial charge in [-0.3, -0.25) is 4.79 Å². The van der Waals surface area contributed by atoms with Gasteiger partial charge in [0.05, 0.1) is 4.88 Å². The molecule has 0 N–H and O–H groups in total. The van der Waals surface area contributed by atoms with Gasteiger partial charge in [0.1, 0.15) is 11.6 Å². The van der Waals surface area contributed by atoms with Crippen molar-refractivity contribution >= 4 is 17.1 Å². The number of ketones is 1. The van der Waals surface area contributed by atoms with Crippen molar-refractivity contribution in [3.63, 3.8) is 0 Å². The largest absolute Gasteiger partial charge is 0.293 e. The van der Waals surface area contributed by atoms with Crippen LogP contribution in [-0.2, 0) is 11.8 Å². The Morgan fingerprint density at radius 2 is 1.70 bits per heavy atom. The van der Waals surface area contributed by atoms with Crippen molar-refractivity contribution in [1.82, 2.24) is 0 Å². The average Bonchev–Trinajstić information content (AvgIpc) is 2.83. The first-order valence-electron chi connectivity index (χ1n) is 6.35. The Kier molecular flexibility index (Phi) is 4.04. The summed E-state index contributed by atoms with van der Waals surface area (Å²) in [6.45, 7) is 6.18. The summed E-state index contributed by atoms with van der Waals surface area (Å²) in [5.74, 6) is -1.61. The molecular formula is C16H16F2OS. The number of hydrogen-bond donors (Lipinski definition) is 0. The number of halogens is 2. The fraction of sp³-hybridized carbons (Fsp3) is 0.312. The van der Waals surface area contributed by atoms with E-state index in [4.69, 9.17) is 0 Å². The van der Waals surface area contributed by atoms with E-state index < -0.39 is 11.6 Å². The molecule has 1 heterocycles. The maximum Gasteiger partial charge on any atom is 0.177 e. The summed E-state index contributed by atoms with van der Waals surface area (Å²) in [6, 6.07) is 7.25. The van der Waals surface area contributed by atoms with Gasteiger partial charge in [-0.05, 0) is 29.7 Å². The molecule has 0 spiro atoms. The van der Waals surface area contributed by atoms with Crippen LogP contribution in [0.1, 0.15) is 40.9 Å². The lowest BCUT2D eigenvalue weighted by Gasteiger charge is -2.15. The van der Waals surface area contributed by atoms with Gasteiger partial charge in [-0.25, -0.2) is 8.78 Å². The molecule has 0 unspecified atom stereocenters. The number of Topliss-reactive ketones (excluding diaryl/α,β-unsaturated/α-hetero) is 1. The van der Waals surface area contributed by atoms with Gasteiger partial charge in [0.25, 0.3) is 0 Å². The molecule has 1 aromatic heterocycles. The highest BCUT2D eigenvalue weighted by atomic mass is 32.1. The number of hydrogen-bond acceptors (Lipinski definition) is 2. The molecule has 0 radical (unpaired) electrons. The molecule has 106 valence electrons. The standard InChI is InChI=1S/C16H16F2OS/c1-16(2,3)15-8-7-14(20-15)13(19)9-10-11(17)5-4-6-12(10)18/h4-8H,9H2,1-3H3. The summed E-state index contributed by atoms with van der Waals surface area (Å²) in [7, 11) is 0. The van der Waals surface area contributed by atoms with E-state index in [0.717, 1.165) is 4.88 Å². The second-order valence-electron chi connectivity index (χ2n) is 5.71. The molecule has 1 aromatic carbocycles. The third-order valence-electron chi connectivity index (χ3n) is 3.02. The number of benzene rings is 1. The van der Waals surface area contributed by atoms with Crippen molar-refractivity contribution in [3.05, 3.63) is 57.3 Å². The molecule has 0 saturated carbocycles. The Labute approximate surface area is 121 Å². The molecule has 4 heteroatoms.